The molecule has 0 saturated carbocycles. The molecule has 0 bridgehead atoms. The van der Waals surface area contributed by atoms with Gasteiger partial charge in [0.05, 0.1) is 19.1 Å². The Balaban J connectivity index is 2.02. The van der Waals surface area contributed by atoms with Crippen LogP contribution in [0.1, 0.15) is 31.4 Å². The van der Waals surface area contributed by atoms with Crippen LogP contribution >= 0.6 is 0 Å². The fourth-order valence-electron chi connectivity index (χ4n) is 4.70. The van der Waals surface area contributed by atoms with Gasteiger partial charge < -0.3 is 31.5 Å². The summed E-state index contributed by atoms with van der Waals surface area (Å²) >= 11 is 0. The number of aromatic hydroxyl groups is 1. The van der Waals surface area contributed by atoms with Crippen LogP contribution < -0.4 is 21.3 Å². The smallest absolute Gasteiger partial charge is 0.326 e. The van der Waals surface area contributed by atoms with Crippen molar-refractivity contribution in [3.05, 3.63) is 91.0 Å². The Hall–Kier alpha value is -4.97. The predicted octanol–water partition coefficient (Wildman–Crippen LogP) is 1.55. The molecule has 0 aliphatic heterocycles. The summed E-state index contributed by atoms with van der Waals surface area (Å²) in [5.41, 5.74) is 1.54. The summed E-state index contributed by atoms with van der Waals surface area (Å²) in [6.07, 6.45) is 3.92. The highest BCUT2D eigenvalue weighted by atomic mass is 16.4. The third kappa shape index (κ3) is 13.3. The maximum Gasteiger partial charge on any atom is 0.326 e. The van der Waals surface area contributed by atoms with E-state index in [9.17, 15) is 34.2 Å². The Morgan fingerprint density at radius 1 is 0.761 bits per heavy atom. The van der Waals surface area contributed by atoms with Crippen molar-refractivity contribution < 1.29 is 34.2 Å². The van der Waals surface area contributed by atoms with Crippen LogP contribution in [0.15, 0.2) is 79.9 Å². The molecule has 6 N–H and O–H groups in total. The first-order valence-electron chi connectivity index (χ1n) is 15.1. The number of hydrogen-bond donors (Lipinski definition) is 6. The SMILES string of the molecule is C=CCN(CC=C)[C@@H](Cc1ccc(O)cc1)C(=O)NCC(=O)NCC(=O)N[C@@H](Cc1ccccc1)C(=O)N[C@@H](CC(C)C)C(=O)O. The first-order valence-corrected chi connectivity index (χ1v) is 15.1. The highest BCUT2D eigenvalue weighted by Gasteiger charge is 2.28. The first kappa shape index (κ1) is 37.2. The molecule has 0 aliphatic carbocycles. The molecule has 4 amide bonds. The Bertz CT molecular complexity index is 1320. The van der Waals surface area contributed by atoms with Crippen molar-refractivity contribution in [3.8, 4) is 5.75 Å². The molecular formula is C34H45N5O7. The van der Waals surface area contributed by atoms with Crippen LogP contribution in [0.25, 0.3) is 0 Å². The average molecular weight is 636 g/mol. The third-order valence-corrected chi connectivity index (χ3v) is 6.96. The molecule has 0 aliphatic rings. The molecule has 0 saturated heterocycles. The van der Waals surface area contributed by atoms with Gasteiger partial charge in [0, 0.05) is 19.5 Å². The van der Waals surface area contributed by atoms with Crippen LogP contribution in [0.5, 0.6) is 5.75 Å². The van der Waals surface area contributed by atoms with Crippen molar-refractivity contribution in [2.75, 3.05) is 26.2 Å². The van der Waals surface area contributed by atoms with E-state index in [2.05, 4.69) is 34.4 Å². The molecule has 248 valence electrons. The second-order valence-electron chi connectivity index (χ2n) is 11.3. The molecule has 0 heterocycles. The molecule has 2 aromatic carbocycles. The number of carbonyl (C=O) groups excluding carboxylic acids is 4. The van der Waals surface area contributed by atoms with E-state index in [4.69, 9.17) is 0 Å². The fourth-order valence-corrected chi connectivity index (χ4v) is 4.70. The summed E-state index contributed by atoms with van der Waals surface area (Å²) in [4.78, 5) is 65.3. The number of phenols is 1. The molecule has 46 heavy (non-hydrogen) atoms. The van der Waals surface area contributed by atoms with E-state index >= 15 is 0 Å². The molecule has 2 rings (SSSR count). The van der Waals surface area contributed by atoms with Crippen molar-refractivity contribution in [2.24, 2.45) is 5.92 Å². The number of phenolic OH excluding ortho intramolecular Hbond substituents is 1. The van der Waals surface area contributed by atoms with Crippen LogP contribution in [0.3, 0.4) is 0 Å². The van der Waals surface area contributed by atoms with Gasteiger partial charge in [-0.05, 0) is 42.0 Å². The largest absolute Gasteiger partial charge is 0.508 e. The van der Waals surface area contributed by atoms with Crippen molar-refractivity contribution in [1.82, 2.24) is 26.2 Å². The van der Waals surface area contributed by atoms with Gasteiger partial charge in [-0.3, -0.25) is 24.1 Å². The molecule has 3 atom stereocenters. The fraction of sp³-hybridized carbons (Fsp3) is 0.382. The Labute approximate surface area is 269 Å². The van der Waals surface area contributed by atoms with E-state index in [1.54, 1.807) is 54.6 Å². The lowest BCUT2D eigenvalue weighted by Crippen LogP contribution is -2.54. The highest BCUT2D eigenvalue weighted by Crippen LogP contribution is 2.14. The van der Waals surface area contributed by atoms with Crippen LogP contribution in [-0.2, 0) is 36.8 Å². The summed E-state index contributed by atoms with van der Waals surface area (Å²) in [5.74, 6) is -3.45. The standard InChI is InChI=1S/C34H45N5O7/c1-5-16-39(17-6-2)29(20-25-12-14-26(40)15-13-25)33(44)36-21-30(41)35-22-31(42)37-27(19-24-10-8-7-9-11-24)32(43)38-28(34(45)46)18-23(3)4/h5-15,23,27-29,40H,1-2,16-22H2,3-4H3,(H,35,41)(H,36,44)(H,37,42)(H,38,43)(H,45,46)/t27-,28-,29-/m0/s1. The van der Waals surface area contributed by atoms with Gasteiger partial charge in [-0.25, -0.2) is 4.79 Å². The zero-order valence-electron chi connectivity index (χ0n) is 26.4. The van der Waals surface area contributed by atoms with E-state index < -0.39 is 60.8 Å². The monoisotopic (exact) mass is 635 g/mol. The minimum absolute atomic E-state index is 0.00871. The van der Waals surface area contributed by atoms with E-state index in [1.165, 1.54) is 12.1 Å². The zero-order valence-corrected chi connectivity index (χ0v) is 26.4. The summed E-state index contributed by atoms with van der Waals surface area (Å²) < 4.78 is 0. The summed E-state index contributed by atoms with van der Waals surface area (Å²) in [6, 6.07) is 12.5. The molecular weight excluding hydrogens is 590 g/mol. The third-order valence-electron chi connectivity index (χ3n) is 6.96. The number of carboxylic acid groups (broad SMARTS) is 1. The van der Waals surface area contributed by atoms with Gasteiger partial charge in [0.2, 0.25) is 23.6 Å². The van der Waals surface area contributed by atoms with Gasteiger partial charge in [-0.1, -0.05) is 68.5 Å². The number of aliphatic carboxylic acids is 1. The number of benzene rings is 2. The zero-order chi connectivity index (χ0) is 34.1. The number of nitrogens with zero attached hydrogens (tertiary/aromatic N) is 1. The lowest BCUT2D eigenvalue weighted by atomic mass is 10.0. The van der Waals surface area contributed by atoms with Crippen LogP contribution in [0.2, 0.25) is 0 Å². The molecule has 12 heteroatoms. The number of amides is 4. The van der Waals surface area contributed by atoms with Gasteiger partial charge in [-0.2, -0.15) is 0 Å². The summed E-state index contributed by atoms with van der Waals surface area (Å²) in [5, 5.41) is 29.3. The maximum atomic E-state index is 13.2. The highest BCUT2D eigenvalue weighted by molar-refractivity contribution is 5.93. The molecule has 0 fully saturated rings. The van der Waals surface area contributed by atoms with Gasteiger partial charge in [-0.15, -0.1) is 13.2 Å². The minimum atomic E-state index is -1.18. The Morgan fingerprint density at radius 2 is 1.35 bits per heavy atom. The molecule has 12 nitrogen and oxygen atoms in total. The van der Waals surface area contributed by atoms with E-state index in [0.29, 0.717) is 19.5 Å². The van der Waals surface area contributed by atoms with Gasteiger partial charge in [0.1, 0.15) is 17.8 Å². The number of carboxylic acids is 1. The molecule has 0 aromatic heterocycles. The van der Waals surface area contributed by atoms with Crippen LogP contribution in [-0.4, -0.2) is 89.0 Å². The molecule has 0 unspecified atom stereocenters. The van der Waals surface area contributed by atoms with Crippen LogP contribution in [0.4, 0.5) is 0 Å². The minimum Gasteiger partial charge on any atom is -0.508 e. The average Bonchev–Trinajstić information content (AvgIpc) is 3.01. The van der Waals surface area contributed by atoms with Gasteiger partial charge in [0.25, 0.3) is 0 Å². The van der Waals surface area contributed by atoms with Crippen molar-refractivity contribution >= 4 is 29.6 Å². The molecule has 0 spiro atoms. The van der Waals surface area contributed by atoms with E-state index in [-0.39, 0.29) is 24.5 Å². The molecule has 2 aromatic rings. The molecule has 0 radical (unpaired) electrons. The van der Waals surface area contributed by atoms with E-state index in [1.807, 2.05) is 18.7 Å². The van der Waals surface area contributed by atoms with E-state index in [0.717, 1.165) is 11.1 Å². The number of hydrogen-bond acceptors (Lipinski definition) is 7. The second-order valence-corrected chi connectivity index (χ2v) is 11.3. The number of nitrogens with one attached hydrogen (secondary N) is 4. The Kier molecular flexibility index (Phi) is 15.7. The summed E-state index contributed by atoms with van der Waals surface area (Å²) in [6.45, 7) is 11.1. The lowest BCUT2D eigenvalue weighted by molar-refractivity contribution is -0.142. The lowest BCUT2D eigenvalue weighted by Gasteiger charge is -2.29. The summed E-state index contributed by atoms with van der Waals surface area (Å²) in [7, 11) is 0. The quantitative estimate of drug-likeness (QED) is 0.119. The topological polar surface area (TPSA) is 177 Å². The van der Waals surface area contributed by atoms with Crippen molar-refractivity contribution in [1.29, 1.82) is 0 Å². The Morgan fingerprint density at radius 3 is 1.91 bits per heavy atom. The van der Waals surface area contributed by atoms with Gasteiger partial charge >= 0.3 is 5.97 Å². The predicted molar refractivity (Wildman–Crippen MR) is 175 cm³/mol. The van der Waals surface area contributed by atoms with Crippen LogP contribution in [0, 0.1) is 5.92 Å². The second kappa shape index (κ2) is 19.4. The van der Waals surface area contributed by atoms with Crippen molar-refractivity contribution in [3.63, 3.8) is 0 Å². The maximum absolute atomic E-state index is 13.2. The van der Waals surface area contributed by atoms with Crippen molar-refractivity contribution in [2.45, 2.75) is 51.2 Å². The normalized spacial score (nSPS) is 12.8. The number of rotatable bonds is 20. The first-order chi connectivity index (χ1) is 21.9. The number of carbonyl (C=O) groups is 5. The van der Waals surface area contributed by atoms with Gasteiger partial charge in [0.15, 0.2) is 0 Å².